The fourth-order valence-corrected chi connectivity index (χ4v) is 5.21. The van der Waals surface area contributed by atoms with Gasteiger partial charge in [-0.2, -0.15) is 0 Å². The van der Waals surface area contributed by atoms with Crippen LogP contribution in [0.25, 0.3) is 10.4 Å². The molecular formula is C22H43N9O9. The van der Waals surface area contributed by atoms with Crippen molar-refractivity contribution in [2.75, 3.05) is 19.7 Å². The second-order valence-electron chi connectivity index (χ2n) is 10.4. The first-order valence-corrected chi connectivity index (χ1v) is 13.3. The third-order valence-electron chi connectivity index (χ3n) is 7.55. The topological polar surface area (TPSA) is 326 Å². The lowest BCUT2D eigenvalue weighted by atomic mass is 9.82. The molecular weight excluding hydrogens is 534 g/mol. The van der Waals surface area contributed by atoms with Gasteiger partial charge < -0.3 is 73.4 Å². The monoisotopic (exact) mass is 577 g/mol. The van der Waals surface area contributed by atoms with Gasteiger partial charge in [0.25, 0.3) is 0 Å². The average Bonchev–Trinajstić information content (AvgIpc) is 2.93. The van der Waals surface area contributed by atoms with E-state index in [4.69, 9.17) is 47.6 Å². The van der Waals surface area contributed by atoms with Gasteiger partial charge in [0.05, 0.1) is 49.1 Å². The number of carbonyl (C=O) groups excluding carboxylic acids is 1. The van der Waals surface area contributed by atoms with E-state index in [1.165, 1.54) is 0 Å². The molecule has 18 nitrogen and oxygen atoms in total. The summed E-state index contributed by atoms with van der Waals surface area (Å²) in [6.45, 7) is -0.345. The van der Waals surface area contributed by atoms with Crippen molar-refractivity contribution in [3.8, 4) is 0 Å². The number of hydrogen-bond acceptors (Lipinski definition) is 15. The minimum Gasteiger partial charge on any atom is -0.394 e. The first-order valence-electron chi connectivity index (χ1n) is 13.3. The van der Waals surface area contributed by atoms with Crippen LogP contribution in [0.5, 0.6) is 0 Å². The number of aliphatic hydroxyl groups is 4. The highest BCUT2D eigenvalue weighted by molar-refractivity contribution is 5.80. The zero-order chi connectivity index (χ0) is 29.6. The molecule has 3 aliphatic rings. The Balaban J connectivity index is 1.92. The standard InChI is InChI=1S/C22H43N9O9/c23-4-3-12(33)20(36)29-11-5-10(26)18(39-21-9(25)2-1-8(6-24)37-21)15(30-31-28)19(11)40-22-17(35)14(27)16(34)13(7-32)38-22/h8-19,21-22,32-35H,1-7,23-27H2,(H,29,36)/t8?,9?,10-,11+,12-,13?,14-,15?,16+,17?,18?,19-,21+,22+/m0/s1. The molecule has 230 valence electrons. The van der Waals surface area contributed by atoms with Gasteiger partial charge in [-0.3, -0.25) is 4.79 Å². The van der Waals surface area contributed by atoms with Crippen molar-refractivity contribution in [2.45, 2.75) is 111 Å². The molecule has 3 fully saturated rings. The minimum absolute atomic E-state index is 0.0110. The third-order valence-corrected chi connectivity index (χ3v) is 7.55. The van der Waals surface area contributed by atoms with Gasteiger partial charge in [0.2, 0.25) is 5.91 Å². The fraction of sp³-hybridized carbons (Fsp3) is 0.955. The molecule has 2 saturated heterocycles. The van der Waals surface area contributed by atoms with Crippen LogP contribution in [0.4, 0.5) is 0 Å². The smallest absolute Gasteiger partial charge is 0.249 e. The number of amides is 1. The summed E-state index contributed by atoms with van der Waals surface area (Å²) in [6.07, 6.45) is -9.46. The Hall–Kier alpha value is -1.74. The van der Waals surface area contributed by atoms with Crippen molar-refractivity contribution in [1.82, 2.24) is 5.32 Å². The Bertz CT molecular complexity index is 870. The van der Waals surface area contributed by atoms with Crippen molar-refractivity contribution < 1.29 is 44.2 Å². The molecule has 1 amide bonds. The molecule has 0 bridgehead atoms. The minimum atomic E-state index is -1.57. The number of azide groups is 1. The van der Waals surface area contributed by atoms with E-state index in [0.717, 1.165) is 0 Å². The van der Waals surface area contributed by atoms with E-state index in [-0.39, 0.29) is 32.0 Å². The Morgan fingerprint density at radius 1 is 1.07 bits per heavy atom. The normalized spacial score (nSPS) is 43.0. The van der Waals surface area contributed by atoms with Gasteiger partial charge in [-0.1, -0.05) is 5.11 Å². The van der Waals surface area contributed by atoms with E-state index in [9.17, 15) is 30.8 Å². The Labute approximate surface area is 231 Å². The number of carbonyl (C=O) groups is 1. The average molecular weight is 578 g/mol. The maximum atomic E-state index is 12.7. The summed E-state index contributed by atoms with van der Waals surface area (Å²) in [4.78, 5) is 15.6. The highest BCUT2D eigenvalue weighted by Gasteiger charge is 2.51. The van der Waals surface area contributed by atoms with Crippen LogP contribution in [-0.4, -0.2) is 132 Å². The van der Waals surface area contributed by atoms with E-state index in [2.05, 4.69) is 15.3 Å². The summed E-state index contributed by atoms with van der Waals surface area (Å²) >= 11 is 0. The highest BCUT2D eigenvalue weighted by Crippen LogP contribution is 2.33. The van der Waals surface area contributed by atoms with Crippen molar-refractivity contribution in [3.63, 3.8) is 0 Å². The predicted octanol–water partition coefficient (Wildman–Crippen LogP) is -5.08. The number of rotatable bonds is 11. The molecule has 1 aliphatic carbocycles. The maximum Gasteiger partial charge on any atom is 0.249 e. The highest BCUT2D eigenvalue weighted by atomic mass is 16.7. The second kappa shape index (κ2) is 14.9. The molecule has 0 spiro atoms. The zero-order valence-electron chi connectivity index (χ0n) is 22.1. The zero-order valence-corrected chi connectivity index (χ0v) is 22.1. The van der Waals surface area contributed by atoms with Crippen LogP contribution in [0, 0.1) is 0 Å². The van der Waals surface area contributed by atoms with Crippen LogP contribution in [0.2, 0.25) is 0 Å². The molecule has 18 heteroatoms. The number of nitrogens with zero attached hydrogens (tertiary/aromatic N) is 3. The fourth-order valence-electron chi connectivity index (χ4n) is 5.21. The lowest BCUT2D eigenvalue weighted by Crippen LogP contribution is -2.68. The number of nitrogens with one attached hydrogen (secondary N) is 1. The van der Waals surface area contributed by atoms with E-state index in [1.807, 2.05) is 0 Å². The van der Waals surface area contributed by atoms with E-state index in [0.29, 0.717) is 12.8 Å². The van der Waals surface area contributed by atoms with Crippen molar-refractivity contribution in [1.29, 1.82) is 0 Å². The first-order chi connectivity index (χ1) is 19.1. The molecule has 0 aromatic rings. The van der Waals surface area contributed by atoms with Gasteiger partial charge in [-0.05, 0) is 37.8 Å². The summed E-state index contributed by atoms with van der Waals surface area (Å²) in [5.41, 5.74) is 39.3. The van der Waals surface area contributed by atoms with Crippen LogP contribution >= 0.6 is 0 Å². The molecule has 14 atom stereocenters. The number of nitrogens with two attached hydrogens (primary N) is 5. The molecule has 15 N–H and O–H groups in total. The van der Waals surface area contributed by atoms with E-state index < -0.39 is 91.9 Å². The predicted molar refractivity (Wildman–Crippen MR) is 138 cm³/mol. The Kier molecular flexibility index (Phi) is 12.2. The SMILES string of the molecule is [N-]=[N+]=NC1C(O[C@H]2OC(CN)CCC2N)[C@@H](N)C[C@@H](NC(=O)[C@@H](O)CCN)[C@@H]1O[C@H]1OC(CO)[C@@H](O)[C@H](N)C1O. The summed E-state index contributed by atoms with van der Waals surface area (Å²) in [5.74, 6) is -0.774. The van der Waals surface area contributed by atoms with Gasteiger partial charge >= 0.3 is 0 Å². The van der Waals surface area contributed by atoms with Gasteiger partial charge in [0.1, 0.15) is 24.4 Å². The Morgan fingerprint density at radius 3 is 2.40 bits per heavy atom. The van der Waals surface area contributed by atoms with E-state index >= 15 is 0 Å². The molecule has 0 radical (unpaired) electrons. The summed E-state index contributed by atoms with van der Waals surface area (Å²) in [7, 11) is 0. The molecule has 40 heavy (non-hydrogen) atoms. The van der Waals surface area contributed by atoms with Crippen LogP contribution < -0.4 is 34.0 Å². The van der Waals surface area contributed by atoms with Gasteiger partial charge in [-0.25, -0.2) is 0 Å². The van der Waals surface area contributed by atoms with Gasteiger partial charge in [0, 0.05) is 17.5 Å². The van der Waals surface area contributed by atoms with E-state index in [1.54, 1.807) is 0 Å². The lowest BCUT2D eigenvalue weighted by molar-refractivity contribution is -0.301. The maximum absolute atomic E-state index is 12.7. The van der Waals surface area contributed by atoms with Crippen molar-refractivity contribution in [2.24, 2.45) is 33.8 Å². The molecule has 1 saturated carbocycles. The van der Waals surface area contributed by atoms with Crippen molar-refractivity contribution in [3.05, 3.63) is 10.4 Å². The van der Waals surface area contributed by atoms with Gasteiger partial charge in [-0.15, -0.1) is 0 Å². The summed E-state index contributed by atoms with van der Waals surface area (Å²) in [5, 5.41) is 47.2. The molecule has 2 aliphatic heterocycles. The summed E-state index contributed by atoms with van der Waals surface area (Å²) < 4.78 is 23.7. The molecule has 0 aromatic heterocycles. The third kappa shape index (κ3) is 7.55. The molecule has 6 unspecified atom stereocenters. The van der Waals surface area contributed by atoms with Crippen LogP contribution in [0.3, 0.4) is 0 Å². The van der Waals surface area contributed by atoms with Gasteiger partial charge in [0.15, 0.2) is 12.6 Å². The summed E-state index contributed by atoms with van der Waals surface area (Å²) in [6, 6.07) is -4.83. The quantitative estimate of drug-likeness (QED) is 0.0624. The number of aliphatic hydroxyl groups excluding tert-OH is 4. The Morgan fingerprint density at radius 2 is 1.77 bits per heavy atom. The molecule has 2 heterocycles. The number of ether oxygens (including phenoxy) is 4. The van der Waals surface area contributed by atoms with Crippen molar-refractivity contribution >= 4 is 5.91 Å². The molecule has 0 aromatic carbocycles. The van der Waals surface area contributed by atoms with Crippen LogP contribution in [-0.2, 0) is 23.7 Å². The number of hydrogen-bond donors (Lipinski definition) is 10. The van der Waals surface area contributed by atoms with Crippen LogP contribution in [0.1, 0.15) is 25.7 Å². The first kappa shape index (κ1) is 32.8. The lowest BCUT2D eigenvalue weighted by Gasteiger charge is -2.48. The largest absolute Gasteiger partial charge is 0.394 e. The molecule has 3 rings (SSSR count). The second-order valence-corrected chi connectivity index (χ2v) is 10.4. The van der Waals surface area contributed by atoms with Crippen LogP contribution in [0.15, 0.2) is 5.11 Å².